The molecule has 3 N–H and O–H groups in total. The van der Waals surface area contributed by atoms with Gasteiger partial charge in [-0.25, -0.2) is 0 Å². The molecular weight excluding hydrogens is 188 g/mol. The second-order valence-corrected chi connectivity index (χ2v) is 3.35. The van der Waals surface area contributed by atoms with Crippen LogP contribution in [0.4, 0.5) is 5.69 Å². The average molecular weight is 208 g/mol. The van der Waals surface area contributed by atoms with Crippen LogP contribution in [-0.2, 0) is 0 Å². The van der Waals surface area contributed by atoms with Gasteiger partial charge >= 0.3 is 0 Å². The van der Waals surface area contributed by atoms with Crippen LogP contribution in [-0.4, -0.2) is 19.7 Å². The van der Waals surface area contributed by atoms with Crippen molar-refractivity contribution in [2.45, 2.75) is 19.8 Å². The van der Waals surface area contributed by atoms with Gasteiger partial charge in [0.05, 0.1) is 12.3 Å². The van der Waals surface area contributed by atoms with Crippen LogP contribution in [0.15, 0.2) is 24.3 Å². The van der Waals surface area contributed by atoms with Gasteiger partial charge in [-0.05, 0) is 38.4 Å². The van der Waals surface area contributed by atoms with Crippen molar-refractivity contribution in [1.82, 2.24) is 0 Å². The third-order valence-corrected chi connectivity index (χ3v) is 2.13. The maximum Gasteiger partial charge on any atom is 0.142 e. The number of hydrogen-bond donors (Lipinski definition) is 2. The van der Waals surface area contributed by atoms with E-state index in [0.717, 1.165) is 37.4 Å². The summed E-state index contributed by atoms with van der Waals surface area (Å²) in [6, 6.07) is 8.01. The maximum atomic E-state index is 5.51. The summed E-state index contributed by atoms with van der Waals surface area (Å²) in [5, 5.41) is 3.35. The predicted octanol–water partition coefficient (Wildman–Crippen LogP) is 2.24. The molecule has 1 rings (SSSR count). The van der Waals surface area contributed by atoms with E-state index in [1.54, 1.807) is 0 Å². The van der Waals surface area contributed by atoms with E-state index in [-0.39, 0.29) is 0 Å². The molecule has 15 heavy (non-hydrogen) atoms. The fraction of sp³-hybridized carbons (Fsp3) is 0.500. The summed E-state index contributed by atoms with van der Waals surface area (Å²) >= 11 is 0. The van der Waals surface area contributed by atoms with Crippen molar-refractivity contribution in [3.8, 4) is 5.75 Å². The van der Waals surface area contributed by atoms with E-state index in [9.17, 15) is 0 Å². The third-order valence-electron chi connectivity index (χ3n) is 2.13. The summed E-state index contributed by atoms with van der Waals surface area (Å²) < 4.78 is 5.51. The standard InChI is InChI=1S/C12H20N2O/c1-2-15-12-8-4-3-7-11(12)14-10-6-5-9-13/h3-4,7-8,14H,2,5-6,9-10,13H2,1H3. The summed E-state index contributed by atoms with van der Waals surface area (Å²) in [6.07, 6.45) is 2.15. The zero-order valence-corrected chi connectivity index (χ0v) is 9.33. The molecule has 3 nitrogen and oxygen atoms in total. The SMILES string of the molecule is CCOc1ccccc1NCCCCN. The lowest BCUT2D eigenvalue weighted by atomic mass is 10.2. The highest BCUT2D eigenvalue weighted by molar-refractivity contribution is 5.56. The molecule has 0 heterocycles. The summed E-state index contributed by atoms with van der Waals surface area (Å²) in [4.78, 5) is 0. The third kappa shape index (κ3) is 4.21. The average Bonchev–Trinajstić information content (AvgIpc) is 2.27. The number of hydrogen-bond acceptors (Lipinski definition) is 3. The molecule has 0 aliphatic carbocycles. The smallest absolute Gasteiger partial charge is 0.142 e. The Morgan fingerprint density at radius 3 is 2.80 bits per heavy atom. The summed E-state index contributed by atoms with van der Waals surface area (Å²) in [5.74, 6) is 0.924. The quantitative estimate of drug-likeness (QED) is 0.675. The molecule has 1 aromatic carbocycles. The monoisotopic (exact) mass is 208 g/mol. The fourth-order valence-corrected chi connectivity index (χ4v) is 1.39. The van der Waals surface area contributed by atoms with Crippen LogP contribution in [0.2, 0.25) is 0 Å². The van der Waals surface area contributed by atoms with E-state index in [0.29, 0.717) is 6.61 Å². The molecule has 1 aromatic rings. The first kappa shape index (κ1) is 11.9. The maximum absolute atomic E-state index is 5.51. The minimum absolute atomic E-state index is 0.696. The minimum atomic E-state index is 0.696. The lowest BCUT2D eigenvalue weighted by molar-refractivity contribution is 0.341. The molecule has 0 aromatic heterocycles. The number of anilines is 1. The Hall–Kier alpha value is -1.22. The van der Waals surface area contributed by atoms with Gasteiger partial charge in [0.1, 0.15) is 5.75 Å². The van der Waals surface area contributed by atoms with Crippen LogP contribution < -0.4 is 15.8 Å². The van der Waals surface area contributed by atoms with Crippen molar-refractivity contribution in [2.24, 2.45) is 5.73 Å². The van der Waals surface area contributed by atoms with Gasteiger partial charge in [-0.3, -0.25) is 0 Å². The van der Waals surface area contributed by atoms with Crippen molar-refractivity contribution < 1.29 is 4.74 Å². The number of benzene rings is 1. The first-order valence-electron chi connectivity index (χ1n) is 5.54. The molecule has 0 saturated heterocycles. The van der Waals surface area contributed by atoms with Gasteiger partial charge in [0, 0.05) is 6.54 Å². The van der Waals surface area contributed by atoms with E-state index in [4.69, 9.17) is 10.5 Å². The zero-order chi connectivity index (χ0) is 10.9. The van der Waals surface area contributed by atoms with Crippen molar-refractivity contribution in [3.05, 3.63) is 24.3 Å². The lowest BCUT2D eigenvalue weighted by Gasteiger charge is -2.11. The van der Waals surface area contributed by atoms with Gasteiger partial charge in [-0.2, -0.15) is 0 Å². The molecule has 0 amide bonds. The molecule has 0 unspecified atom stereocenters. The van der Waals surface area contributed by atoms with Crippen molar-refractivity contribution in [2.75, 3.05) is 25.0 Å². The van der Waals surface area contributed by atoms with Gasteiger partial charge in [0.2, 0.25) is 0 Å². The molecule has 84 valence electrons. The molecule has 3 heteroatoms. The van der Waals surface area contributed by atoms with Crippen LogP contribution in [0.1, 0.15) is 19.8 Å². The summed E-state index contributed by atoms with van der Waals surface area (Å²) in [7, 11) is 0. The molecule has 0 spiro atoms. The van der Waals surface area contributed by atoms with Crippen molar-refractivity contribution in [1.29, 1.82) is 0 Å². The molecular formula is C12H20N2O. The number of nitrogens with one attached hydrogen (secondary N) is 1. The second kappa shape index (κ2) is 7.12. The molecule has 0 bridgehead atoms. The Morgan fingerprint density at radius 1 is 1.27 bits per heavy atom. The minimum Gasteiger partial charge on any atom is -0.492 e. The van der Waals surface area contributed by atoms with Crippen LogP contribution in [0.25, 0.3) is 0 Å². The molecule has 0 fully saturated rings. The van der Waals surface area contributed by atoms with E-state index in [2.05, 4.69) is 5.32 Å². The summed E-state index contributed by atoms with van der Waals surface area (Å²) in [5.41, 5.74) is 6.50. The highest BCUT2D eigenvalue weighted by atomic mass is 16.5. The first-order chi connectivity index (χ1) is 7.38. The number of para-hydroxylation sites is 2. The molecule has 0 aliphatic rings. The van der Waals surface area contributed by atoms with Gasteiger partial charge in [0.15, 0.2) is 0 Å². The molecule has 0 aliphatic heterocycles. The number of nitrogens with two attached hydrogens (primary N) is 1. The number of ether oxygens (including phenoxy) is 1. The molecule has 0 radical (unpaired) electrons. The van der Waals surface area contributed by atoms with Gasteiger partial charge in [-0.1, -0.05) is 12.1 Å². The Balaban J connectivity index is 2.44. The Kier molecular flexibility index (Phi) is 5.63. The van der Waals surface area contributed by atoms with Crippen LogP contribution in [0.5, 0.6) is 5.75 Å². The van der Waals surface area contributed by atoms with E-state index in [1.165, 1.54) is 0 Å². The van der Waals surface area contributed by atoms with Gasteiger partial charge in [0.25, 0.3) is 0 Å². The van der Waals surface area contributed by atoms with Gasteiger partial charge < -0.3 is 15.8 Å². The van der Waals surface area contributed by atoms with E-state index < -0.39 is 0 Å². The normalized spacial score (nSPS) is 10.0. The lowest BCUT2D eigenvalue weighted by Crippen LogP contribution is -2.06. The van der Waals surface area contributed by atoms with Gasteiger partial charge in [-0.15, -0.1) is 0 Å². The highest BCUT2D eigenvalue weighted by Gasteiger charge is 2.00. The molecule has 0 atom stereocenters. The number of unbranched alkanes of at least 4 members (excludes halogenated alkanes) is 1. The Bertz CT molecular complexity index is 276. The topological polar surface area (TPSA) is 47.3 Å². The first-order valence-corrected chi connectivity index (χ1v) is 5.54. The Morgan fingerprint density at radius 2 is 2.07 bits per heavy atom. The fourth-order valence-electron chi connectivity index (χ4n) is 1.39. The Labute approximate surface area is 91.6 Å². The van der Waals surface area contributed by atoms with Crippen molar-refractivity contribution in [3.63, 3.8) is 0 Å². The van der Waals surface area contributed by atoms with E-state index in [1.807, 2.05) is 31.2 Å². The largest absolute Gasteiger partial charge is 0.492 e. The van der Waals surface area contributed by atoms with Crippen molar-refractivity contribution >= 4 is 5.69 Å². The second-order valence-electron chi connectivity index (χ2n) is 3.35. The van der Waals surface area contributed by atoms with Crippen LogP contribution in [0, 0.1) is 0 Å². The zero-order valence-electron chi connectivity index (χ0n) is 9.33. The molecule has 0 saturated carbocycles. The summed E-state index contributed by atoms with van der Waals surface area (Å²) in [6.45, 7) is 4.39. The predicted molar refractivity (Wildman–Crippen MR) is 64.4 cm³/mol. The highest BCUT2D eigenvalue weighted by Crippen LogP contribution is 2.23. The van der Waals surface area contributed by atoms with Crippen LogP contribution >= 0.6 is 0 Å². The van der Waals surface area contributed by atoms with Crippen LogP contribution in [0.3, 0.4) is 0 Å². The number of rotatable bonds is 7. The van der Waals surface area contributed by atoms with E-state index >= 15 is 0 Å².